The van der Waals surface area contributed by atoms with Crippen LogP contribution in [0.3, 0.4) is 0 Å². The number of anilines is 1. The second-order valence-corrected chi connectivity index (χ2v) is 6.92. The highest BCUT2D eigenvalue weighted by Gasteiger charge is 2.17. The summed E-state index contributed by atoms with van der Waals surface area (Å²) in [4.78, 5) is 28.4. The Morgan fingerprint density at radius 2 is 1.96 bits per heavy atom. The molecule has 0 aliphatic carbocycles. The fourth-order valence-electron chi connectivity index (χ4n) is 2.18. The van der Waals surface area contributed by atoms with E-state index in [-0.39, 0.29) is 23.6 Å². The van der Waals surface area contributed by atoms with Gasteiger partial charge < -0.3 is 15.2 Å². The number of imidazole rings is 1. The maximum absolute atomic E-state index is 12.1. The van der Waals surface area contributed by atoms with Gasteiger partial charge in [0.05, 0.1) is 11.8 Å². The summed E-state index contributed by atoms with van der Waals surface area (Å²) in [7, 11) is 1.87. The molecule has 1 aromatic carbocycles. The van der Waals surface area contributed by atoms with Crippen molar-refractivity contribution in [1.29, 1.82) is 0 Å². The number of carbonyl (C=O) groups excluding carboxylic acids is 2. The van der Waals surface area contributed by atoms with Crippen LogP contribution in [0.1, 0.15) is 18.1 Å². The molecule has 0 fully saturated rings. The summed E-state index contributed by atoms with van der Waals surface area (Å²) >= 11 is 1.35. The molecule has 0 saturated carbocycles. The summed E-state index contributed by atoms with van der Waals surface area (Å²) in [6, 6.07) is 5.82. The van der Waals surface area contributed by atoms with E-state index in [1.165, 1.54) is 11.8 Å². The molecule has 6 nitrogen and oxygen atoms in total. The molecule has 0 aliphatic heterocycles. The van der Waals surface area contributed by atoms with Gasteiger partial charge in [-0.25, -0.2) is 4.98 Å². The van der Waals surface area contributed by atoms with Gasteiger partial charge in [-0.1, -0.05) is 30.0 Å². The maximum atomic E-state index is 12.1. The van der Waals surface area contributed by atoms with Gasteiger partial charge in [-0.3, -0.25) is 9.59 Å². The summed E-state index contributed by atoms with van der Waals surface area (Å²) < 4.78 is 1.85. The van der Waals surface area contributed by atoms with Crippen molar-refractivity contribution in [2.24, 2.45) is 7.05 Å². The lowest BCUT2D eigenvalue weighted by atomic mass is 10.1. The van der Waals surface area contributed by atoms with Gasteiger partial charge in [0.25, 0.3) is 0 Å². The van der Waals surface area contributed by atoms with Gasteiger partial charge in [0.15, 0.2) is 5.16 Å². The van der Waals surface area contributed by atoms with E-state index >= 15 is 0 Å². The first-order valence-corrected chi connectivity index (χ1v) is 8.54. The standard InChI is InChI=1S/C17H22N4O2S/c1-11-6-5-7-12(2)15(11)20-14(22)10-19-16(23)13(3)24-17-18-8-9-21(17)4/h5-9,13H,10H2,1-4H3,(H,19,23)(H,20,22). The van der Waals surface area contributed by atoms with Gasteiger partial charge in [0.2, 0.25) is 11.8 Å². The van der Waals surface area contributed by atoms with Crippen LogP contribution >= 0.6 is 11.8 Å². The molecule has 2 aromatic rings. The first-order chi connectivity index (χ1) is 11.4. The van der Waals surface area contributed by atoms with Crippen molar-refractivity contribution in [2.45, 2.75) is 31.2 Å². The zero-order valence-corrected chi connectivity index (χ0v) is 15.1. The number of nitrogens with zero attached hydrogens (tertiary/aromatic N) is 2. The van der Waals surface area contributed by atoms with Gasteiger partial charge >= 0.3 is 0 Å². The number of thioether (sulfide) groups is 1. The lowest BCUT2D eigenvalue weighted by molar-refractivity contribution is -0.123. The van der Waals surface area contributed by atoms with Crippen LogP contribution in [-0.2, 0) is 16.6 Å². The molecule has 24 heavy (non-hydrogen) atoms. The van der Waals surface area contributed by atoms with Crippen LogP contribution in [0.25, 0.3) is 0 Å². The van der Waals surface area contributed by atoms with Crippen molar-refractivity contribution in [2.75, 3.05) is 11.9 Å². The number of aryl methyl sites for hydroxylation is 3. The molecule has 0 aliphatic rings. The second-order valence-electron chi connectivity index (χ2n) is 5.61. The van der Waals surface area contributed by atoms with Gasteiger partial charge in [0, 0.05) is 25.1 Å². The number of benzene rings is 1. The third-order valence-corrected chi connectivity index (χ3v) is 4.77. The number of amides is 2. The molecule has 2 rings (SSSR count). The number of para-hydroxylation sites is 1. The molecule has 2 amide bonds. The Hall–Kier alpha value is -2.28. The zero-order chi connectivity index (χ0) is 17.7. The van der Waals surface area contributed by atoms with Crippen LogP contribution in [0.5, 0.6) is 0 Å². The van der Waals surface area contributed by atoms with Crippen molar-refractivity contribution in [1.82, 2.24) is 14.9 Å². The number of nitrogens with one attached hydrogen (secondary N) is 2. The van der Waals surface area contributed by atoms with Gasteiger partial charge in [0.1, 0.15) is 0 Å². The summed E-state index contributed by atoms with van der Waals surface area (Å²) in [5.41, 5.74) is 2.79. The van der Waals surface area contributed by atoms with E-state index in [0.717, 1.165) is 22.0 Å². The molecular formula is C17H22N4O2S. The Kier molecular flexibility index (Phi) is 6.03. The largest absolute Gasteiger partial charge is 0.346 e. The average molecular weight is 346 g/mol. The van der Waals surface area contributed by atoms with Crippen LogP contribution in [0.2, 0.25) is 0 Å². The average Bonchev–Trinajstić information content (AvgIpc) is 2.93. The smallest absolute Gasteiger partial charge is 0.243 e. The Morgan fingerprint density at radius 3 is 2.54 bits per heavy atom. The van der Waals surface area contributed by atoms with E-state index in [1.54, 1.807) is 13.1 Å². The summed E-state index contributed by atoms with van der Waals surface area (Å²) in [5, 5.41) is 5.94. The summed E-state index contributed by atoms with van der Waals surface area (Å²) in [5.74, 6) is -0.436. The van der Waals surface area contributed by atoms with Crippen LogP contribution in [0.15, 0.2) is 35.7 Å². The Balaban J connectivity index is 1.85. The van der Waals surface area contributed by atoms with Crippen molar-refractivity contribution in [3.8, 4) is 0 Å². The molecule has 0 radical (unpaired) electrons. The van der Waals surface area contributed by atoms with E-state index in [4.69, 9.17) is 0 Å². The monoisotopic (exact) mass is 346 g/mol. The Bertz CT molecular complexity index is 722. The Labute approximate surface area is 146 Å². The number of aromatic nitrogens is 2. The number of hydrogen-bond acceptors (Lipinski definition) is 4. The van der Waals surface area contributed by atoms with Crippen molar-refractivity contribution in [3.05, 3.63) is 41.7 Å². The maximum Gasteiger partial charge on any atom is 0.243 e. The zero-order valence-electron chi connectivity index (χ0n) is 14.3. The number of hydrogen-bond donors (Lipinski definition) is 2. The van der Waals surface area contributed by atoms with Crippen LogP contribution in [0, 0.1) is 13.8 Å². The third-order valence-electron chi connectivity index (χ3n) is 3.60. The van der Waals surface area contributed by atoms with Crippen molar-refractivity contribution < 1.29 is 9.59 Å². The van der Waals surface area contributed by atoms with E-state index in [9.17, 15) is 9.59 Å². The first-order valence-electron chi connectivity index (χ1n) is 7.66. The van der Waals surface area contributed by atoms with Crippen LogP contribution < -0.4 is 10.6 Å². The van der Waals surface area contributed by atoms with Crippen LogP contribution in [-0.4, -0.2) is 33.2 Å². The molecule has 1 unspecified atom stereocenters. The molecule has 1 heterocycles. The third kappa shape index (κ3) is 4.61. The molecule has 1 atom stereocenters. The minimum Gasteiger partial charge on any atom is -0.346 e. The van der Waals surface area contributed by atoms with E-state index < -0.39 is 0 Å². The van der Waals surface area contributed by atoms with E-state index in [1.807, 2.05) is 49.9 Å². The van der Waals surface area contributed by atoms with Gasteiger partial charge in [-0.2, -0.15) is 0 Å². The summed E-state index contributed by atoms with van der Waals surface area (Å²) in [6.45, 7) is 5.61. The Morgan fingerprint density at radius 1 is 1.29 bits per heavy atom. The molecule has 128 valence electrons. The minimum atomic E-state index is -0.334. The highest BCUT2D eigenvalue weighted by molar-refractivity contribution is 8.00. The quantitative estimate of drug-likeness (QED) is 0.787. The minimum absolute atomic E-state index is 0.0575. The number of rotatable bonds is 6. The molecule has 0 spiro atoms. The lowest BCUT2D eigenvalue weighted by Gasteiger charge is -2.13. The highest BCUT2D eigenvalue weighted by atomic mass is 32.2. The predicted molar refractivity (Wildman–Crippen MR) is 96.1 cm³/mol. The van der Waals surface area contributed by atoms with Gasteiger partial charge in [-0.15, -0.1) is 0 Å². The van der Waals surface area contributed by atoms with Crippen molar-refractivity contribution in [3.63, 3.8) is 0 Å². The van der Waals surface area contributed by atoms with Crippen molar-refractivity contribution >= 4 is 29.3 Å². The fraction of sp³-hybridized carbons (Fsp3) is 0.353. The van der Waals surface area contributed by atoms with Gasteiger partial charge in [-0.05, 0) is 31.9 Å². The second kappa shape index (κ2) is 8.01. The SMILES string of the molecule is Cc1cccc(C)c1NC(=O)CNC(=O)C(C)Sc1nccn1C. The lowest BCUT2D eigenvalue weighted by Crippen LogP contribution is -2.37. The molecule has 0 bridgehead atoms. The number of carbonyl (C=O) groups is 2. The normalized spacial score (nSPS) is 11.8. The fourth-order valence-corrected chi connectivity index (χ4v) is 3.04. The predicted octanol–water partition coefficient (Wildman–Crippen LogP) is 2.27. The molecular weight excluding hydrogens is 324 g/mol. The molecule has 1 aromatic heterocycles. The molecule has 0 saturated heterocycles. The first kappa shape index (κ1) is 18.1. The molecule has 7 heteroatoms. The van der Waals surface area contributed by atoms with E-state index in [0.29, 0.717) is 0 Å². The molecule has 2 N–H and O–H groups in total. The topological polar surface area (TPSA) is 76.0 Å². The van der Waals surface area contributed by atoms with E-state index in [2.05, 4.69) is 15.6 Å². The van der Waals surface area contributed by atoms with Crippen LogP contribution in [0.4, 0.5) is 5.69 Å². The summed E-state index contributed by atoms with van der Waals surface area (Å²) in [6.07, 6.45) is 3.51. The highest BCUT2D eigenvalue weighted by Crippen LogP contribution is 2.21.